The first-order chi connectivity index (χ1) is 10.0. The van der Waals surface area contributed by atoms with Gasteiger partial charge in [0.05, 0.1) is 11.7 Å². The Balaban J connectivity index is 0.000000677. The molecule has 7 heteroatoms. The summed E-state index contributed by atoms with van der Waals surface area (Å²) in [4.78, 5) is 13.5. The minimum atomic E-state index is -0.250. The van der Waals surface area contributed by atoms with Gasteiger partial charge in [0, 0.05) is 34.4 Å². The van der Waals surface area contributed by atoms with Crippen molar-refractivity contribution in [3.8, 4) is 0 Å². The predicted octanol–water partition coefficient (Wildman–Crippen LogP) is 3.63. The Labute approximate surface area is 148 Å². The van der Waals surface area contributed by atoms with Crippen LogP contribution in [0.2, 0.25) is 0 Å². The van der Waals surface area contributed by atoms with Crippen molar-refractivity contribution in [3.63, 3.8) is 0 Å². The van der Waals surface area contributed by atoms with Gasteiger partial charge in [-0.2, -0.15) is 0 Å². The molecule has 1 unspecified atom stereocenters. The van der Waals surface area contributed by atoms with Crippen molar-refractivity contribution >= 4 is 33.2 Å². The third-order valence-electron chi connectivity index (χ3n) is 3.24. The summed E-state index contributed by atoms with van der Waals surface area (Å²) < 4.78 is 0. The monoisotopic (exact) mass is 468 g/mol. The minimum absolute atomic E-state index is 0.203. The van der Waals surface area contributed by atoms with E-state index in [0.29, 0.717) is 0 Å². The maximum atomic E-state index is 4.88. The number of aromatic nitrogens is 1. The van der Waals surface area contributed by atoms with Crippen molar-refractivity contribution in [3.05, 3.63) is 29.6 Å². The van der Waals surface area contributed by atoms with Crippen LogP contribution in [-0.2, 0) is 19.6 Å². The molecule has 0 amide bonds. The van der Waals surface area contributed by atoms with Crippen LogP contribution in [0.15, 0.2) is 23.3 Å². The van der Waals surface area contributed by atoms with Crippen LogP contribution in [0, 0.1) is 0 Å². The van der Waals surface area contributed by atoms with Gasteiger partial charge in [0.1, 0.15) is 0 Å². The molecule has 1 aliphatic carbocycles. The van der Waals surface area contributed by atoms with Crippen LogP contribution in [0.3, 0.4) is 0 Å². The first kappa shape index (κ1) is 19.1. The Kier molecular flexibility index (Phi) is 8.99. The Morgan fingerprint density at radius 2 is 1.90 bits per heavy atom. The second-order valence-electron chi connectivity index (χ2n) is 5.27. The SMILES string of the molecule is CN(C)C(=NC1CCCc2cccnc21)N(C)C.[Br][Zn][Br]. The Morgan fingerprint density at radius 3 is 2.48 bits per heavy atom. The summed E-state index contributed by atoms with van der Waals surface area (Å²) in [5, 5.41) is 0. The molecule has 0 saturated carbocycles. The van der Waals surface area contributed by atoms with Crippen molar-refractivity contribution in [1.82, 2.24) is 14.8 Å². The Morgan fingerprint density at radius 1 is 1.29 bits per heavy atom. The number of nitrogens with zero attached hydrogens (tertiary/aromatic N) is 4. The Bertz CT molecular complexity index is 456. The number of aryl methyl sites for hydroxylation is 1. The van der Waals surface area contributed by atoms with Gasteiger partial charge in [-0.1, -0.05) is 6.07 Å². The van der Waals surface area contributed by atoms with Crippen molar-refractivity contribution in [1.29, 1.82) is 0 Å². The molecule has 0 bridgehead atoms. The molecule has 0 aliphatic heterocycles. The summed E-state index contributed by atoms with van der Waals surface area (Å²) >= 11 is 6.25. The number of fused-ring (bicyclic) bond motifs is 1. The van der Waals surface area contributed by atoms with Crippen LogP contribution in [0.5, 0.6) is 0 Å². The second-order valence-corrected chi connectivity index (χ2v) is 19.3. The van der Waals surface area contributed by atoms with E-state index in [1.54, 1.807) is 0 Å². The van der Waals surface area contributed by atoms with E-state index in [1.165, 1.54) is 12.0 Å². The molecule has 21 heavy (non-hydrogen) atoms. The van der Waals surface area contributed by atoms with Crippen molar-refractivity contribution < 1.29 is 13.2 Å². The van der Waals surface area contributed by atoms with Gasteiger partial charge in [0.25, 0.3) is 0 Å². The van der Waals surface area contributed by atoms with E-state index < -0.39 is 0 Å². The molecule has 114 valence electrons. The summed E-state index contributed by atoms with van der Waals surface area (Å²) in [5.74, 6) is 0.999. The average molecular weight is 472 g/mol. The van der Waals surface area contributed by atoms with Crippen LogP contribution in [0.1, 0.15) is 30.1 Å². The van der Waals surface area contributed by atoms with Gasteiger partial charge in [-0.05, 0) is 30.9 Å². The van der Waals surface area contributed by atoms with Crippen molar-refractivity contribution in [2.45, 2.75) is 25.3 Å². The van der Waals surface area contributed by atoms with Crippen molar-refractivity contribution in [2.75, 3.05) is 28.2 Å². The molecule has 0 fully saturated rings. The molecule has 1 heterocycles. The number of hydrogen-bond acceptors (Lipinski definition) is 2. The number of aliphatic imine (C=N–C) groups is 1. The molecular weight excluding hydrogens is 449 g/mol. The summed E-state index contributed by atoms with van der Waals surface area (Å²) in [6.07, 6.45) is 5.29. The molecule has 1 aliphatic rings. The first-order valence-corrected chi connectivity index (χ1v) is 20.9. The average Bonchev–Trinajstić information content (AvgIpc) is 2.45. The number of halogens is 2. The van der Waals surface area contributed by atoms with E-state index in [9.17, 15) is 0 Å². The van der Waals surface area contributed by atoms with Crippen molar-refractivity contribution in [2.24, 2.45) is 4.99 Å². The van der Waals surface area contributed by atoms with Gasteiger partial charge in [-0.15, -0.1) is 0 Å². The van der Waals surface area contributed by atoms with Gasteiger partial charge in [-0.25, -0.2) is 4.99 Å². The van der Waals surface area contributed by atoms with Crippen LogP contribution in [-0.4, -0.2) is 48.9 Å². The molecule has 2 rings (SSSR count). The number of guanidine groups is 1. The van der Waals surface area contributed by atoms with Gasteiger partial charge in [-0.3, -0.25) is 4.98 Å². The molecular formula is C14H22Br2N4Zn. The molecule has 4 nitrogen and oxygen atoms in total. The van der Waals surface area contributed by atoms with Gasteiger partial charge >= 0.3 is 40.5 Å². The van der Waals surface area contributed by atoms with Crippen LogP contribution in [0.25, 0.3) is 0 Å². The first-order valence-electron chi connectivity index (χ1n) is 6.99. The van der Waals surface area contributed by atoms with Gasteiger partial charge in [0.2, 0.25) is 0 Å². The zero-order chi connectivity index (χ0) is 15.8. The van der Waals surface area contributed by atoms with Crippen LogP contribution in [0.4, 0.5) is 0 Å². The fraction of sp³-hybridized carbons (Fsp3) is 0.571. The molecule has 0 N–H and O–H groups in total. The third kappa shape index (κ3) is 5.95. The fourth-order valence-electron chi connectivity index (χ4n) is 2.48. The molecule has 0 radical (unpaired) electrons. The summed E-state index contributed by atoms with van der Waals surface area (Å²) in [6.45, 7) is 0. The normalized spacial score (nSPS) is 15.8. The molecule has 1 aromatic rings. The fourth-order valence-corrected chi connectivity index (χ4v) is 2.48. The number of hydrogen-bond donors (Lipinski definition) is 0. The predicted molar refractivity (Wildman–Crippen MR) is 92.6 cm³/mol. The molecule has 1 aromatic heterocycles. The van der Waals surface area contributed by atoms with E-state index in [2.05, 4.69) is 48.1 Å². The zero-order valence-electron chi connectivity index (χ0n) is 13.2. The number of rotatable bonds is 1. The van der Waals surface area contributed by atoms with E-state index >= 15 is 0 Å². The molecule has 0 spiro atoms. The Hall–Kier alpha value is 0.00338. The zero-order valence-corrected chi connectivity index (χ0v) is 19.3. The van der Waals surface area contributed by atoms with E-state index in [-0.39, 0.29) is 19.2 Å². The summed E-state index contributed by atoms with van der Waals surface area (Å²) in [7, 11) is 8.12. The van der Waals surface area contributed by atoms with E-state index in [0.717, 1.165) is 24.5 Å². The van der Waals surface area contributed by atoms with E-state index in [4.69, 9.17) is 4.99 Å². The third-order valence-corrected chi connectivity index (χ3v) is 3.24. The molecule has 0 saturated heterocycles. The topological polar surface area (TPSA) is 31.7 Å². The second kappa shape index (κ2) is 9.91. The van der Waals surface area contributed by atoms with Gasteiger partial charge < -0.3 is 9.80 Å². The number of pyridine rings is 1. The standard InChI is InChI=1S/C14H22N4.2BrH.Zn/c1-17(2)14(18(3)4)16-12-9-5-7-11-8-6-10-15-13(11)12;;;/h6,8,10,12H,5,7,9H2,1-4H3;2*1H;/q;;;+2/p-2. The molecule has 0 aromatic carbocycles. The maximum absolute atomic E-state index is 4.88. The molecule has 1 atom stereocenters. The van der Waals surface area contributed by atoms with Gasteiger partial charge in [0.15, 0.2) is 5.96 Å². The van der Waals surface area contributed by atoms with E-state index in [1.807, 2.05) is 40.5 Å². The quantitative estimate of drug-likeness (QED) is 0.356. The summed E-state index contributed by atoms with van der Waals surface area (Å²) in [6, 6.07) is 4.40. The summed E-state index contributed by atoms with van der Waals surface area (Å²) in [5.41, 5.74) is 2.51. The van der Waals surface area contributed by atoms with Crippen LogP contribution >= 0.6 is 27.2 Å². The van der Waals surface area contributed by atoms with Crippen LogP contribution < -0.4 is 0 Å².